The van der Waals surface area contributed by atoms with Crippen molar-refractivity contribution in [2.75, 3.05) is 30.8 Å². The maximum Gasteiger partial charge on any atom is 0.264 e. The molecule has 0 radical (unpaired) electrons. The number of carbonyl (C=O) groups excluding carboxylic acids is 2. The van der Waals surface area contributed by atoms with Gasteiger partial charge in [0.05, 0.1) is 24.3 Å². The molecule has 4 aromatic carbocycles. The zero-order chi connectivity index (χ0) is 35.4. The number of ether oxygens (including phenoxy) is 2. The van der Waals surface area contributed by atoms with E-state index in [9.17, 15) is 18.0 Å². The minimum atomic E-state index is -4.28. The van der Waals surface area contributed by atoms with E-state index in [1.165, 1.54) is 28.8 Å². The Morgan fingerprint density at radius 2 is 1.55 bits per heavy atom. The summed E-state index contributed by atoms with van der Waals surface area (Å²) in [5.74, 6) is 0.0267. The minimum absolute atomic E-state index is 0.0269. The van der Waals surface area contributed by atoms with Gasteiger partial charge in [0.15, 0.2) is 0 Å². The first-order chi connectivity index (χ1) is 23.6. The number of anilines is 1. The minimum Gasteiger partial charge on any atom is -0.497 e. The van der Waals surface area contributed by atoms with E-state index < -0.39 is 28.5 Å². The summed E-state index contributed by atoms with van der Waals surface area (Å²) >= 11 is 1.50. The summed E-state index contributed by atoms with van der Waals surface area (Å²) in [6.07, 6.45) is 2.83. The molecule has 0 bridgehead atoms. The second-order valence-corrected chi connectivity index (χ2v) is 14.2. The number of carbonyl (C=O) groups is 2. The van der Waals surface area contributed by atoms with Crippen molar-refractivity contribution in [1.82, 2.24) is 10.2 Å². The quantitative estimate of drug-likeness (QED) is 0.124. The normalized spacial score (nSPS) is 12.4. The summed E-state index contributed by atoms with van der Waals surface area (Å²) < 4.78 is 41.3. The maximum atomic E-state index is 14.8. The van der Waals surface area contributed by atoms with Crippen LogP contribution < -0.4 is 19.1 Å². The molecule has 1 N–H and O–H groups in total. The number of para-hydroxylation sites is 2. The van der Waals surface area contributed by atoms with E-state index in [4.69, 9.17) is 9.47 Å². The average Bonchev–Trinajstić information content (AvgIpc) is 3.12. The maximum absolute atomic E-state index is 14.8. The molecular formula is C38H45N3O6S2. The van der Waals surface area contributed by atoms with E-state index in [0.717, 1.165) is 20.3 Å². The summed E-state index contributed by atoms with van der Waals surface area (Å²) in [6.45, 7) is 5.43. The van der Waals surface area contributed by atoms with E-state index in [0.29, 0.717) is 17.9 Å². The van der Waals surface area contributed by atoms with Gasteiger partial charge in [-0.25, -0.2) is 8.42 Å². The lowest BCUT2D eigenvalue weighted by Gasteiger charge is -2.34. The molecule has 2 atom stereocenters. The van der Waals surface area contributed by atoms with Crippen LogP contribution >= 0.6 is 11.8 Å². The van der Waals surface area contributed by atoms with E-state index in [-0.39, 0.29) is 42.1 Å². The Bertz CT molecular complexity index is 1780. The van der Waals surface area contributed by atoms with Gasteiger partial charge in [-0.2, -0.15) is 0 Å². The molecule has 0 aromatic heterocycles. The second-order valence-electron chi connectivity index (χ2n) is 11.5. The fraction of sp³-hybridized carbons (Fsp3) is 0.316. The van der Waals surface area contributed by atoms with Crippen LogP contribution in [0.25, 0.3) is 0 Å². The number of rotatable bonds is 17. The highest BCUT2D eigenvalue weighted by molar-refractivity contribution is 7.98. The van der Waals surface area contributed by atoms with E-state index in [1.807, 2.05) is 69.5 Å². The Kier molecular flexibility index (Phi) is 13.6. The van der Waals surface area contributed by atoms with Gasteiger partial charge < -0.3 is 19.7 Å². The van der Waals surface area contributed by atoms with Gasteiger partial charge in [0.1, 0.15) is 24.1 Å². The molecule has 0 saturated heterocycles. The lowest BCUT2D eigenvalue weighted by Crippen LogP contribution is -2.54. The highest BCUT2D eigenvalue weighted by atomic mass is 32.2. The molecule has 0 spiro atoms. The molecular weight excluding hydrogens is 659 g/mol. The van der Waals surface area contributed by atoms with Crippen LogP contribution in [0.4, 0.5) is 5.69 Å². The molecule has 2 amide bonds. The van der Waals surface area contributed by atoms with Gasteiger partial charge in [-0.05, 0) is 86.2 Å². The third-order valence-corrected chi connectivity index (χ3v) is 10.6. The van der Waals surface area contributed by atoms with E-state index >= 15 is 0 Å². The molecule has 0 saturated carbocycles. The number of hydrogen-bond acceptors (Lipinski definition) is 7. The summed E-state index contributed by atoms with van der Waals surface area (Å²) in [5, 5.41) is 3.06. The SMILES string of the molecule is CCOc1ccccc1N(CC(=O)N(Cc1cccc(OC)c1)[C@H](Cc1ccccc1)C(=O)N[C@@H](C)CC)S(=O)(=O)c1ccc(SC)cc1. The third-order valence-electron chi connectivity index (χ3n) is 8.12. The lowest BCUT2D eigenvalue weighted by atomic mass is 10.0. The number of thioether (sulfide) groups is 1. The van der Waals surface area contributed by atoms with Crippen LogP contribution in [0.3, 0.4) is 0 Å². The Morgan fingerprint density at radius 3 is 2.20 bits per heavy atom. The van der Waals surface area contributed by atoms with Crippen molar-refractivity contribution < 1.29 is 27.5 Å². The molecule has 11 heteroatoms. The average molecular weight is 704 g/mol. The molecule has 0 heterocycles. The Labute approximate surface area is 294 Å². The number of nitrogens with one attached hydrogen (secondary N) is 1. The zero-order valence-electron chi connectivity index (χ0n) is 28.7. The molecule has 0 aliphatic rings. The fourth-order valence-corrected chi connectivity index (χ4v) is 7.12. The van der Waals surface area contributed by atoms with Crippen molar-refractivity contribution in [2.45, 2.75) is 62.0 Å². The lowest BCUT2D eigenvalue weighted by molar-refractivity contribution is -0.140. The van der Waals surface area contributed by atoms with Gasteiger partial charge in [-0.1, -0.05) is 61.5 Å². The van der Waals surface area contributed by atoms with Crippen molar-refractivity contribution in [3.05, 3.63) is 114 Å². The Balaban J connectivity index is 1.85. The van der Waals surface area contributed by atoms with Crippen molar-refractivity contribution in [1.29, 1.82) is 0 Å². The highest BCUT2D eigenvalue weighted by Crippen LogP contribution is 2.33. The smallest absolute Gasteiger partial charge is 0.264 e. The van der Waals surface area contributed by atoms with E-state index in [2.05, 4.69) is 5.32 Å². The molecule has 0 fully saturated rings. The van der Waals surface area contributed by atoms with Crippen molar-refractivity contribution in [2.24, 2.45) is 0 Å². The molecule has 0 aliphatic heterocycles. The molecule has 4 aromatic rings. The van der Waals surface area contributed by atoms with E-state index in [1.54, 1.807) is 55.6 Å². The van der Waals surface area contributed by atoms with Crippen LogP contribution in [0.1, 0.15) is 38.3 Å². The summed E-state index contributed by atoms with van der Waals surface area (Å²) in [6, 6.07) is 28.9. The Hall–Kier alpha value is -4.48. The van der Waals surface area contributed by atoms with Gasteiger partial charge in [0, 0.05) is 23.9 Å². The second kappa shape index (κ2) is 17.8. The number of sulfonamides is 1. The van der Waals surface area contributed by atoms with Crippen LogP contribution in [0.15, 0.2) is 113 Å². The number of nitrogens with zero attached hydrogens (tertiary/aromatic N) is 2. The summed E-state index contributed by atoms with van der Waals surface area (Å²) in [7, 11) is -2.72. The standard InChI is InChI=1S/C38H45N3O6S2/c1-6-28(3)39-38(43)35(25-29-14-9-8-10-15-29)40(26-30-16-13-17-31(24-30)46-4)37(42)27-41(34-18-11-12-19-36(34)47-7-2)49(44,45)33-22-20-32(48-5)21-23-33/h8-24,28,35H,6-7,25-27H2,1-5H3,(H,39,43)/t28-,35+/m0/s1. The largest absolute Gasteiger partial charge is 0.497 e. The predicted octanol–water partition coefficient (Wildman–Crippen LogP) is 6.57. The summed E-state index contributed by atoms with van der Waals surface area (Å²) in [4.78, 5) is 31.3. The fourth-order valence-electron chi connectivity index (χ4n) is 5.29. The molecule has 49 heavy (non-hydrogen) atoms. The van der Waals surface area contributed by atoms with Crippen LogP contribution in [-0.4, -0.2) is 63.7 Å². The first kappa shape index (κ1) is 37.3. The highest BCUT2D eigenvalue weighted by Gasteiger charge is 2.36. The number of methoxy groups -OCH3 is 1. The third kappa shape index (κ3) is 9.79. The van der Waals surface area contributed by atoms with Crippen LogP contribution in [0.5, 0.6) is 11.5 Å². The van der Waals surface area contributed by atoms with Gasteiger partial charge in [0.25, 0.3) is 10.0 Å². The van der Waals surface area contributed by atoms with Crippen LogP contribution in [0, 0.1) is 0 Å². The molecule has 4 rings (SSSR count). The topological polar surface area (TPSA) is 105 Å². The van der Waals surface area contributed by atoms with Crippen molar-refractivity contribution >= 4 is 39.3 Å². The summed E-state index contributed by atoms with van der Waals surface area (Å²) in [5.41, 5.74) is 1.80. The van der Waals surface area contributed by atoms with Gasteiger partial charge in [0.2, 0.25) is 11.8 Å². The molecule has 0 aliphatic carbocycles. The first-order valence-electron chi connectivity index (χ1n) is 16.3. The first-order valence-corrected chi connectivity index (χ1v) is 18.9. The molecule has 0 unspecified atom stereocenters. The van der Waals surface area contributed by atoms with Gasteiger partial charge in [-0.3, -0.25) is 13.9 Å². The van der Waals surface area contributed by atoms with Crippen LogP contribution in [0.2, 0.25) is 0 Å². The van der Waals surface area contributed by atoms with Gasteiger partial charge in [-0.15, -0.1) is 11.8 Å². The van der Waals surface area contributed by atoms with Gasteiger partial charge >= 0.3 is 0 Å². The zero-order valence-corrected chi connectivity index (χ0v) is 30.3. The number of amides is 2. The monoisotopic (exact) mass is 703 g/mol. The van der Waals surface area contributed by atoms with Crippen molar-refractivity contribution in [3.63, 3.8) is 0 Å². The molecule has 260 valence electrons. The van der Waals surface area contributed by atoms with Crippen LogP contribution in [-0.2, 0) is 32.6 Å². The van der Waals surface area contributed by atoms with Crippen molar-refractivity contribution in [3.8, 4) is 11.5 Å². The number of benzene rings is 4. The predicted molar refractivity (Wildman–Crippen MR) is 196 cm³/mol. The molecule has 9 nitrogen and oxygen atoms in total. The Morgan fingerprint density at radius 1 is 0.878 bits per heavy atom. The number of hydrogen-bond donors (Lipinski definition) is 1.